The number of amides is 1. The molecule has 6 nitrogen and oxygen atoms in total. The predicted molar refractivity (Wildman–Crippen MR) is 75.0 cm³/mol. The summed E-state index contributed by atoms with van der Waals surface area (Å²) in [5, 5.41) is 2.77. The van der Waals surface area contributed by atoms with Gasteiger partial charge in [0.05, 0.1) is 13.2 Å². The van der Waals surface area contributed by atoms with E-state index in [-0.39, 0.29) is 12.5 Å². The van der Waals surface area contributed by atoms with Crippen LogP contribution in [-0.4, -0.2) is 44.7 Å². The fourth-order valence-corrected chi connectivity index (χ4v) is 1.68. The topological polar surface area (TPSA) is 80.5 Å². The van der Waals surface area contributed by atoms with E-state index >= 15 is 0 Å². The molecule has 1 heterocycles. The summed E-state index contributed by atoms with van der Waals surface area (Å²) in [5.74, 6) is 0.694. The lowest BCUT2D eigenvalue weighted by atomic mass is 10.2. The molecule has 106 valence electrons. The van der Waals surface area contributed by atoms with E-state index in [4.69, 9.17) is 10.5 Å². The molecule has 6 heteroatoms. The third kappa shape index (κ3) is 5.23. The molecule has 0 saturated carbocycles. The Morgan fingerprint density at radius 3 is 2.89 bits per heavy atom. The molecule has 0 saturated heterocycles. The number of likely N-dealkylation sites (N-methyl/N-ethyl adjacent to an activating group) is 1. The van der Waals surface area contributed by atoms with Gasteiger partial charge in [-0.05, 0) is 24.6 Å². The number of hydrogen-bond donors (Lipinski definition) is 2. The summed E-state index contributed by atoms with van der Waals surface area (Å²) in [7, 11) is 3.43. The van der Waals surface area contributed by atoms with Gasteiger partial charge in [-0.2, -0.15) is 0 Å². The maximum absolute atomic E-state index is 11.7. The molecule has 0 aliphatic heterocycles. The van der Waals surface area contributed by atoms with Crippen LogP contribution in [0.2, 0.25) is 0 Å². The number of nitrogens with one attached hydrogen (secondary N) is 1. The van der Waals surface area contributed by atoms with Crippen molar-refractivity contribution in [2.75, 3.05) is 38.8 Å². The molecule has 19 heavy (non-hydrogen) atoms. The Balaban J connectivity index is 2.59. The van der Waals surface area contributed by atoms with Crippen LogP contribution in [0.3, 0.4) is 0 Å². The first-order valence-electron chi connectivity index (χ1n) is 6.21. The molecule has 0 atom stereocenters. The van der Waals surface area contributed by atoms with Crippen LogP contribution >= 0.6 is 0 Å². The highest BCUT2D eigenvalue weighted by molar-refractivity contribution is 5.80. The van der Waals surface area contributed by atoms with Crippen LogP contribution in [0.15, 0.2) is 12.1 Å². The molecular formula is C13H22N4O2. The number of hydrogen-bond acceptors (Lipinski definition) is 5. The molecule has 1 amide bonds. The molecule has 0 aromatic carbocycles. The number of nitrogens with zero attached hydrogens (tertiary/aromatic N) is 2. The molecule has 3 N–H and O–H groups in total. The van der Waals surface area contributed by atoms with Crippen LogP contribution in [0.5, 0.6) is 0 Å². The zero-order chi connectivity index (χ0) is 14.3. The Morgan fingerprint density at radius 2 is 2.26 bits per heavy atom. The van der Waals surface area contributed by atoms with Crippen molar-refractivity contribution >= 4 is 11.7 Å². The van der Waals surface area contributed by atoms with E-state index in [2.05, 4.69) is 10.3 Å². The van der Waals surface area contributed by atoms with Crippen molar-refractivity contribution in [3.8, 4) is 0 Å². The van der Waals surface area contributed by atoms with E-state index in [0.29, 0.717) is 19.7 Å². The molecule has 0 spiro atoms. The maximum Gasteiger partial charge on any atom is 0.239 e. The zero-order valence-corrected chi connectivity index (χ0v) is 11.8. The molecule has 1 rings (SSSR count). The third-order valence-electron chi connectivity index (χ3n) is 2.64. The number of nitrogens with two attached hydrogens (primary N) is 1. The van der Waals surface area contributed by atoms with Crippen molar-refractivity contribution in [1.29, 1.82) is 0 Å². The normalized spacial score (nSPS) is 10.3. The Labute approximate surface area is 113 Å². The molecule has 0 aliphatic rings. The number of aromatic nitrogens is 1. The third-order valence-corrected chi connectivity index (χ3v) is 2.64. The molecule has 0 unspecified atom stereocenters. The Hall–Kier alpha value is -1.66. The second kappa shape index (κ2) is 7.70. The Morgan fingerprint density at radius 1 is 1.53 bits per heavy atom. The fourth-order valence-electron chi connectivity index (χ4n) is 1.68. The summed E-state index contributed by atoms with van der Waals surface area (Å²) < 4.78 is 4.87. The molecule has 0 aliphatic carbocycles. The zero-order valence-electron chi connectivity index (χ0n) is 11.8. The van der Waals surface area contributed by atoms with E-state index in [0.717, 1.165) is 17.1 Å². The Bertz CT molecular complexity index is 423. The minimum Gasteiger partial charge on any atom is -0.383 e. The highest BCUT2D eigenvalue weighted by Crippen LogP contribution is 2.13. The number of carbonyl (C=O) groups is 1. The molecule has 0 fully saturated rings. The molecular weight excluding hydrogens is 244 g/mol. The van der Waals surface area contributed by atoms with E-state index in [1.807, 2.05) is 26.1 Å². The van der Waals surface area contributed by atoms with Crippen LogP contribution < -0.4 is 16.0 Å². The number of aryl methyl sites for hydroxylation is 1. The van der Waals surface area contributed by atoms with E-state index in [1.165, 1.54) is 0 Å². The van der Waals surface area contributed by atoms with Gasteiger partial charge in [-0.1, -0.05) is 0 Å². The van der Waals surface area contributed by atoms with Crippen LogP contribution in [0.4, 0.5) is 5.82 Å². The smallest absolute Gasteiger partial charge is 0.239 e. The van der Waals surface area contributed by atoms with Crippen LogP contribution in [-0.2, 0) is 16.1 Å². The van der Waals surface area contributed by atoms with Gasteiger partial charge in [0.1, 0.15) is 5.82 Å². The van der Waals surface area contributed by atoms with Crippen molar-refractivity contribution < 1.29 is 9.53 Å². The quantitative estimate of drug-likeness (QED) is 0.682. The summed E-state index contributed by atoms with van der Waals surface area (Å²) in [6, 6.07) is 3.84. The minimum absolute atomic E-state index is 0.0582. The lowest BCUT2D eigenvalue weighted by Gasteiger charge is -2.19. The first kappa shape index (κ1) is 15.4. The summed E-state index contributed by atoms with van der Waals surface area (Å²) in [6.07, 6.45) is 0. The number of pyridine rings is 1. The van der Waals surface area contributed by atoms with Gasteiger partial charge >= 0.3 is 0 Å². The van der Waals surface area contributed by atoms with Gasteiger partial charge in [0.25, 0.3) is 0 Å². The molecule has 1 aromatic heterocycles. The van der Waals surface area contributed by atoms with Crippen molar-refractivity contribution in [2.24, 2.45) is 5.73 Å². The summed E-state index contributed by atoms with van der Waals surface area (Å²) in [6.45, 7) is 3.65. The lowest BCUT2D eigenvalue weighted by molar-refractivity contribution is -0.119. The summed E-state index contributed by atoms with van der Waals surface area (Å²) in [5.41, 5.74) is 7.53. The van der Waals surface area contributed by atoms with Gasteiger partial charge in [-0.3, -0.25) is 4.79 Å². The van der Waals surface area contributed by atoms with Crippen molar-refractivity contribution in [3.05, 3.63) is 23.4 Å². The molecule has 1 aromatic rings. The second-order valence-corrected chi connectivity index (χ2v) is 4.38. The highest BCUT2D eigenvalue weighted by atomic mass is 16.5. The first-order valence-corrected chi connectivity index (χ1v) is 6.21. The number of ether oxygens (including phenoxy) is 1. The summed E-state index contributed by atoms with van der Waals surface area (Å²) in [4.78, 5) is 17.9. The van der Waals surface area contributed by atoms with Crippen LogP contribution in [0.1, 0.15) is 11.3 Å². The average molecular weight is 266 g/mol. The number of anilines is 1. The average Bonchev–Trinajstić information content (AvgIpc) is 2.38. The molecule has 0 radical (unpaired) electrons. The standard InChI is InChI=1S/C13H22N4O2/c1-10-6-11(8-14)7-12(16-10)17(2)9-13(18)15-4-5-19-3/h6-7H,4-5,8-9,14H2,1-3H3,(H,15,18). The highest BCUT2D eigenvalue weighted by Gasteiger charge is 2.09. The number of methoxy groups -OCH3 is 1. The largest absolute Gasteiger partial charge is 0.383 e. The first-order chi connectivity index (χ1) is 9.06. The van der Waals surface area contributed by atoms with Crippen molar-refractivity contribution in [1.82, 2.24) is 10.3 Å². The molecule has 0 bridgehead atoms. The van der Waals surface area contributed by atoms with Gasteiger partial charge in [-0.25, -0.2) is 4.98 Å². The van der Waals surface area contributed by atoms with Crippen LogP contribution in [0.25, 0.3) is 0 Å². The summed E-state index contributed by atoms with van der Waals surface area (Å²) >= 11 is 0. The van der Waals surface area contributed by atoms with Gasteiger partial charge in [0.15, 0.2) is 0 Å². The predicted octanol–water partition coefficient (Wildman–Crippen LogP) is 0.0475. The van der Waals surface area contributed by atoms with E-state index in [1.54, 1.807) is 12.0 Å². The SMILES string of the molecule is COCCNC(=O)CN(C)c1cc(CN)cc(C)n1. The van der Waals surface area contributed by atoms with Crippen molar-refractivity contribution in [3.63, 3.8) is 0 Å². The fraction of sp³-hybridized carbons (Fsp3) is 0.538. The van der Waals surface area contributed by atoms with Crippen molar-refractivity contribution in [2.45, 2.75) is 13.5 Å². The van der Waals surface area contributed by atoms with Gasteiger partial charge < -0.3 is 20.7 Å². The van der Waals surface area contributed by atoms with E-state index < -0.39 is 0 Å². The number of rotatable bonds is 7. The van der Waals surface area contributed by atoms with Gasteiger partial charge in [0.2, 0.25) is 5.91 Å². The maximum atomic E-state index is 11.7. The number of carbonyl (C=O) groups excluding carboxylic acids is 1. The minimum atomic E-state index is -0.0582. The van der Waals surface area contributed by atoms with Gasteiger partial charge in [0, 0.05) is 32.9 Å². The lowest BCUT2D eigenvalue weighted by Crippen LogP contribution is -2.37. The van der Waals surface area contributed by atoms with E-state index in [9.17, 15) is 4.79 Å². The van der Waals surface area contributed by atoms with Crippen LogP contribution in [0, 0.1) is 6.92 Å². The second-order valence-electron chi connectivity index (χ2n) is 4.38. The Kier molecular flexibility index (Phi) is 6.24. The monoisotopic (exact) mass is 266 g/mol. The van der Waals surface area contributed by atoms with Gasteiger partial charge in [-0.15, -0.1) is 0 Å².